The summed E-state index contributed by atoms with van der Waals surface area (Å²) in [6.45, 7) is 13.4. The van der Waals surface area contributed by atoms with Crippen LogP contribution in [-0.2, 0) is 4.57 Å². The van der Waals surface area contributed by atoms with E-state index in [1.807, 2.05) is 72.7 Å². The lowest BCUT2D eigenvalue weighted by Gasteiger charge is -2.27. The lowest BCUT2D eigenvalue weighted by Crippen LogP contribution is -2.43. The quantitative estimate of drug-likeness (QED) is 0.308. The second-order valence-electron chi connectivity index (χ2n) is 7.91. The first-order valence-electron chi connectivity index (χ1n) is 9.68. The summed E-state index contributed by atoms with van der Waals surface area (Å²) in [4.78, 5) is 27.4. The highest BCUT2D eigenvalue weighted by atomic mass is 31.1. The second-order valence-corrected chi connectivity index (χ2v) is 8.85. The molecule has 4 heteroatoms. The average Bonchev–Trinajstić information content (AvgIpc) is 2.57. The first-order chi connectivity index (χ1) is 13.1. The van der Waals surface area contributed by atoms with Gasteiger partial charge in [-0.15, -0.1) is 0 Å². The zero-order valence-corrected chi connectivity index (χ0v) is 18.8. The van der Waals surface area contributed by atoms with Gasteiger partial charge in [0.2, 0.25) is 0 Å². The second kappa shape index (κ2) is 8.49. The number of carbonyl (C=O) groups is 2. The highest BCUT2D eigenvalue weighted by molar-refractivity contribution is 7.30. The Morgan fingerprint density at radius 1 is 0.750 bits per heavy atom. The molecule has 2 aromatic carbocycles. The Kier molecular flexibility index (Phi) is 6.72. The third-order valence-corrected chi connectivity index (χ3v) is 6.27. The van der Waals surface area contributed by atoms with Crippen LogP contribution in [-0.4, -0.2) is 16.7 Å². The molecule has 0 radical (unpaired) electrons. The first-order valence-corrected chi connectivity index (χ1v) is 10.5. The van der Waals surface area contributed by atoms with Gasteiger partial charge in [-0.1, -0.05) is 48.7 Å². The van der Waals surface area contributed by atoms with Crippen LogP contribution in [0.3, 0.4) is 0 Å². The Labute approximate surface area is 169 Å². The van der Waals surface area contributed by atoms with Crippen LogP contribution in [0.4, 0.5) is 0 Å². The van der Waals surface area contributed by atoms with Crippen LogP contribution >= 0.6 is 8.46 Å². The van der Waals surface area contributed by atoms with E-state index in [0.29, 0.717) is 17.5 Å². The van der Waals surface area contributed by atoms with Gasteiger partial charge in [0.1, 0.15) is 0 Å². The number of aryl methyl sites for hydroxylation is 6. The third-order valence-electron chi connectivity index (χ3n) is 5.33. The van der Waals surface area contributed by atoms with Crippen LogP contribution in [0.2, 0.25) is 0 Å². The molecule has 0 aromatic heterocycles. The lowest BCUT2D eigenvalue weighted by atomic mass is 9.80. The minimum Gasteiger partial charge on any atom is -0.292 e. The van der Waals surface area contributed by atoms with Crippen molar-refractivity contribution in [2.45, 2.75) is 66.5 Å². The van der Waals surface area contributed by atoms with Crippen molar-refractivity contribution in [1.82, 2.24) is 0 Å². The fourth-order valence-electron chi connectivity index (χ4n) is 4.31. The van der Waals surface area contributed by atoms with E-state index in [1.54, 1.807) is 0 Å². The summed E-state index contributed by atoms with van der Waals surface area (Å²) in [5.41, 5.74) is 6.41. The summed E-state index contributed by atoms with van der Waals surface area (Å²) in [5, 5.41) is -1.59. The lowest BCUT2D eigenvalue weighted by molar-refractivity contribution is 0.0824. The third kappa shape index (κ3) is 3.86. The molecule has 0 saturated heterocycles. The number of ketones is 2. The van der Waals surface area contributed by atoms with E-state index < -0.39 is 13.6 Å². The van der Waals surface area contributed by atoms with Gasteiger partial charge in [0, 0.05) is 11.1 Å². The summed E-state index contributed by atoms with van der Waals surface area (Å²) < 4.78 is 12.5. The molecule has 0 amide bonds. The van der Waals surface area contributed by atoms with Gasteiger partial charge >= 0.3 is 0 Å². The highest BCUT2D eigenvalue weighted by Gasteiger charge is 2.48. The predicted molar refractivity (Wildman–Crippen MR) is 115 cm³/mol. The minimum atomic E-state index is -1.59. The topological polar surface area (TPSA) is 51.2 Å². The molecule has 0 aliphatic rings. The maximum absolute atomic E-state index is 13.7. The summed E-state index contributed by atoms with van der Waals surface area (Å²) in [6, 6.07) is 7.74. The molecule has 2 aromatic rings. The van der Waals surface area contributed by atoms with Crippen molar-refractivity contribution in [3.8, 4) is 0 Å². The molecule has 0 heterocycles. The van der Waals surface area contributed by atoms with Crippen molar-refractivity contribution < 1.29 is 14.2 Å². The van der Waals surface area contributed by atoms with Crippen LogP contribution in [0.25, 0.3) is 0 Å². The number of benzene rings is 2. The molecule has 28 heavy (non-hydrogen) atoms. The Bertz CT molecular complexity index is 841. The van der Waals surface area contributed by atoms with E-state index in [0.717, 1.165) is 33.4 Å². The molecule has 0 unspecified atom stereocenters. The number of rotatable bonds is 7. The first kappa shape index (κ1) is 22.2. The van der Waals surface area contributed by atoms with Gasteiger partial charge in [-0.05, 0) is 70.2 Å². The highest BCUT2D eigenvalue weighted by Crippen LogP contribution is 2.39. The van der Waals surface area contributed by atoms with E-state index in [1.165, 1.54) is 0 Å². The maximum atomic E-state index is 13.7. The molecular formula is C24H29O3P. The van der Waals surface area contributed by atoms with Crippen LogP contribution in [0.1, 0.15) is 73.9 Å². The Morgan fingerprint density at radius 3 is 1.32 bits per heavy atom. The summed E-state index contributed by atoms with van der Waals surface area (Å²) >= 11 is 0. The standard InChI is InChI=1S/C24H29O3P/c1-8-9-24(28-27,22(25)20-16(4)10-14(2)11-17(20)5)23(26)21-18(6)12-15(3)13-19(21)7/h10-13H,8-9H2,1-7H3. The predicted octanol–water partition coefficient (Wildman–Crippen LogP) is 6.43. The normalized spacial score (nSPS) is 11.7. The van der Waals surface area contributed by atoms with Gasteiger partial charge in [0.05, 0.1) is 0 Å². The largest absolute Gasteiger partial charge is 0.292 e. The fraction of sp³-hybridized carbons (Fsp3) is 0.417. The monoisotopic (exact) mass is 396 g/mol. The summed E-state index contributed by atoms with van der Waals surface area (Å²) in [5.74, 6) is -0.684. The van der Waals surface area contributed by atoms with Gasteiger partial charge in [-0.3, -0.25) is 14.2 Å². The molecule has 0 N–H and O–H groups in total. The van der Waals surface area contributed by atoms with Gasteiger partial charge in [0.15, 0.2) is 25.2 Å². The Hall–Kier alpha value is -2.12. The molecule has 0 aliphatic heterocycles. The van der Waals surface area contributed by atoms with Crippen molar-refractivity contribution in [3.05, 3.63) is 68.8 Å². The molecule has 0 bridgehead atoms. The van der Waals surface area contributed by atoms with Crippen molar-refractivity contribution in [3.63, 3.8) is 0 Å². The van der Waals surface area contributed by atoms with E-state index >= 15 is 0 Å². The van der Waals surface area contributed by atoms with E-state index in [2.05, 4.69) is 0 Å². The van der Waals surface area contributed by atoms with Crippen LogP contribution < -0.4 is 0 Å². The Morgan fingerprint density at radius 2 is 1.07 bits per heavy atom. The summed E-state index contributed by atoms with van der Waals surface area (Å²) in [7, 11) is -0.445. The van der Waals surface area contributed by atoms with Crippen molar-refractivity contribution >= 4 is 20.0 Å². The molecule has 3 nitrogen and oxygen atoms in total. The number of hydrogen-bond donors (Lipinski definition) is 0. The minimum absolute atomic E-state index is 0.245. The molecule has 0 aliphatic carbocycles. The molecule has 0 saturated carbocycles. The van der Waals surface area contributed by atoms with Crippen LogP contribution in [0.15, 0.2) is 24.3 Å². The number of carbonyl (C=O) groups excluding carboxylic acids is 2. The summed E-state index contributed by atoms with van der Waals surface area (Å²) in [6.07, 6.45) is 0.829. The van der Waals surface area contributed by atoms with Crippen LogP contribution in [0, 0.1) is 41.5 Å². The number of hydrogen-bond acceptors (Lipinski definition) is 3. The zero-order valence-electron chi connectivity index (χ0n) is 17.9. The van der Waals surface area contributed by atoms with E-state index in [9.17, 15) is 14.2 Å². The number of Topliss-reactive ketones (excluding diaryl/α,β-unsaturated/α-hetero) is 2. The van der Waals surface area contributed by atoms with E-state index in [4.69, 9.17) is 0 Å². The fourth-order valence-corrected chi connectivity index (χ4v) is 5.01. The van der Waals surface area contributed by atoms with Crippen molar-refractivity contribution in [1.29, 1.82) is 0 Å². The molecule has 148 valence electrons. The molecular weight excluding hydrogens is 367 g/mol. The zero-order chi connectivity index (χ0) is 21.2. The van der Waals surface area contributed by atoms with Gasteiger partial charge in [-0.25, -0.2) is 0 Å². The van der Waals surface area contributed by atoms with Crippen molar-refractivity contribution in [2.24, 2.45) is 0 Å². The SMILES string of the molecule is CCCC(P=O)(C(=O)c1c(C)cc(C)cc1C)C(=O)c1c(C)cc(C)cc1C. The molecule has 0 fully saturated rings. The van der Waals surface area contributed by atoms with Gasteiger partial charge in [0.25, 0.3) is 0 Å². The van der Waals surface area contributed by atoms with Gasteiger partial charge in [-0.2, -0.15) is 0 Å². The molecule has 0 atom stereocenters. The average molecular weight is 396 g/mol. The molecule has 0 spiro atoms. The van der Waals surface area contributed by atoms with Crippen LogP contribution in [0.5, 0.6) is 0 Å². The smallest absolute Gasteiger partial charge is 0.188 e. The van der Waals surface area contributed by atoms with Gasteiger partial charge < -0.3 is 0 Å². The maximum Gasteiger partial charge on any atom is 0.188 e. The molecule has 2 rings (SSSR count). The van der Waals surface area contributed by atoms with E-state index in [-0.39, 0.29) is 18.0 Å². The van der Waals surface area contributed by atoms with Crippen molar-refractivity contribution in [2.75, 3.05) is 0 Å². The Balaban J connectivity index is 2.74.